The van der Waals surface area contributed by atoms with E-state index >= 15 is 0 Å². The van der Waals surface area contributed by atoms with E-state index in [0.717, 1.165) is 48.1 Å². The summed E-state index contributed by atoms with van der Waals surface area (Å²) in [7, 11) is 0. The summed E-state index contributed by atoms with van der Waals surface area (Å²) in [6, 6.07) is 1.89. The first-order chi connectivity index (χ1) is 17.1. The van der Waals surface area contributed by atoms with E-state index in [9.17, 15) is 9.59 Å². The van der Waals surface area contributed by atoms with E-state index in [0.29, 0.717) is 52.3 Å². The lowest BCUT2D eigenvalue weighted by Crippen LogP contribution is -2.18. The number of unbranched alkanes of at least 4 members (excludes halogenated alkanes) is 2. The summed E-state index contributed by atoms with van der Waals surface area (Å²) in [6.07, 6.45) is 6.94. The van der Waals surface area contributed by atoms with Crippen LogP contribution in [0.25, 0.3) is 12.2 Å². The third-order valence-corrected chi connectivity index (χ3v) is 6.59. The minimum Gasteiger partial charge on any atom is -0.493 e. The normalized spacial score (nSPS) is 10.6. The Morgan fingerprint density at radius 1 is 0.778 bits per heavy atom. The summed E-state index contributed by atoms with van der Waals surface area (Å²) in [5.74, 6) is 0.246. The monoisotopic (exact) mass is 492 g/mol. The van der Waals surface area contributed by atoms with Crippen LogP contribution < -0.4 is 9.47 Å². The molecular weight excluding hydrogens is 452 g/mol. The average molecular weight is 493 g/mol. The number of hydrogen-bond donors (Lipinski definition) is 0. The number of ether oxygens (including phenoxy) is 3. The number of esters is 2. The highest BCUT2D eigenvalue weighted by Gasteiger charge is 2.26. The molecule has 0 aliphatic carbocycles. The van der Waals surface area contributed by atoms with Crippen LogP contribution in [0.2, 0.25) is 0 Å². The summed E-state index contributed by atoms with van der Waals surface area (Å²) >= 11 is 0. The smallest absolute Gasteiger partial charge is 0.344 e. The zero-order valence-corrected chi connectivity index (χ0v) is 22.9. The van der Waals surface area contributed by atoms with E-state index in [1.807, 2.05) is 47.6 Å². The van der Waals surface area contributed by atoms with Gasteiger partial charge in [0.25, 0.3) is 0 Å². The molecule has 0 aliphatic heterocycles. The van der Waals surface area contributed by atoms with Gasteiger partial charge in [0.15, 0.2) is 0 Å². The van der Waals surface area contributed by atoms with Gasteiger partial charge >= 0.3 is 11.9 Å². The van der Waals surface area contributed by atoms with Crippen LogP contribution in [-0.2, 0) is 4.74 Å². The van der Waals surface area contributed by atoms with Crippen LogP contribution in [0.3, 0.4) is 0 Å². The van der Waals surface area contributed by atoms with Gasteiger partial charge in [0, 0.05) is 11.1 Å². The Balaban J connectivity index is 2.53. The number of carbonyl (C=O) groups excluding carboxylic acids is 2. The molecule has 0 N–H and O–H groups in total. The van der Waals surface area contributed by atoms with E-state index in [4.69, 9.17) is 14.2 Å². The Kier molecular flexibility index (Phi) is 10.5. The Morgan fingerprint density at radius 2 is 1.33 bits per heavy atom. The van der Waals surface area contributed by atoms with Crippen molar-refractivity contribution in [3.8, 4) is 11.5 Å². The second kappa shape index (κ2) is 13.1. The minimum absolute atomic E-state index is 0.338. The minimum atomic E-state index is -0.475. The third-order valence-electron chi connectivity index (χ3n) is 6.59. The first-order valence-corrected chi connectivity index (χ1v) is 12.7. The predicted molar refractivity (Wildman–Crippen MR) is 147 cm³/mol. The summed E-state index contributed by atoms with van der Waals surface area (Å²) in [5, 5.41) is 0. The molecule has 0 amide bonds. The fraction of sp³-hybridized carbons (Fsp3) is 0.419. The highest BCUT2D eigenvalue weighted by atomic mass is 16.5. The summed E-state index contributed by atoms with van der Waals surface area (Å²) in [6.45, 7) is 22.3. The molecule has 36 heavy (non-hydrogen) atoms. The largest absolute Gasteiger partial charge is 0.493 e. The maximum atomic E-state index is 13.5. The van der Waals surface area contributed by atoms with Crippen LogP contribution in [0.15, 0.2) is 19.2 Å². The van der Waals surface area contributed by atoms with E-state index in [1.54, 1.807) is 12.2 Å². The van der Waals surface area contributed by atoms with Crippen LogP contribution >= 0.6 is 0 Å². The molecule has 0 bridgehead atoms. The summed E-state index contributed by atoms with van der Waals surface area (Å²) in [4.78, 5) is 26.4. The Labute approximate surface area is 216 Å². The topological polar surface area (TPSA) is 61.8 Å². The van der Waals surface area contributed by atoms with Gasteiger partial charge in [-0.05, 0) is 81.3 Å². The van der Waals surface area contributed by atoms with Crippen molar-refractivity contribution in [1.82, 2.24) is 0 Å². The van der Waals surface area contributed by atoms with Gasteiger partial charge in [-0.25, -0.2) is 9.59 Å². The van der Waals surface area contributed by atoms with E-state index in [-0.39, 0.29) is 0 Å². The lowest BCUT2D eigenvalue weighted by molar-refractivity contribution is 0.0498. The van der Waals surface area contributed by atoms with Gasteiger partial charge in [-0.15, -0.1) is 0 Å². The molecule has 2 aromatic rings. The molecule has 0 aliphatic rings. The molecule has 0 aromatic heterocycles. The van der Waals surface area contributed by atoms with Gasteiger partial charge in [-0.3, -0.25) is 0 Å². The molecule has 0 saturated heterocycles. The van der Waals surface area contributed by atoms with Crippen molar-refractivity contribution in [2.24, 2.45) is 0 Å². The molecule has 5 heteroatoms. The van der Waals surface area contributed by atoms with Gasteiger partial charge in [0.2, 0.25) is 0 Å². The van der Waals surface area contributed by atoms with Crippen LogP contribution in [0.5, 0.6) is 11.5 Å². The highest BCUT2D eigenvalue weighted by molar-refractivity contribution is 5.99. The Hall–Kier alpha value is -3.34. The molecule has 2 aromatic carbocycles. The van der Waals surface area contributed by atoms with Crippen molar-refractivity contribution in [2.45, 2.75) is 74.1 Å². The zero-order chi connectivity index (χ0) is 27.0. The molecule has 0 unspecified atom stereocenters. The van der Waals surface area contributed by atoms with Gasteiger partial charge in [0.05, 0.1) is 24.3 Å². The molecule has 2 rings (SSSR count). The maximum Gasteiger partial charge on any atom is 0.344 e. The molecule has 5 nitrogen and oxygen atoms in total. The third kappa shape index (κ3) is 6.07. The molecular formula is C31H40O5. The quantitative estimate of drug-likeness (QED) is 0.171. The zero-order valence-electron chi connectivity index (χ0n) is 22.9. The van der Waals surface area contributed by atoms with Gasteiger partial charge < -0.3 is 14.2 Å². The Bertz CT molecular complexity index is 1120. The van der Waals surface area contributed by atoms with Crippen molar-refractivity contribution in [3.63, 3.8) is 0 Å². The fourth-order valence-corrected chi connectivity index (χ4v) is 4.30. The van der Waals surface area contributed by atoms with Crippen molar-refractivity contribution in [3.05, 3.63) is 69.3 Å². The van der Waals surface area contributed by atoms with E-state index < -0.39 is 11.9 Å². The van der Waals surface area contributed by atoms with Crippen LogP contribution in [0.4, 0.5) is 0 Å². The molecule has 0 heterocycles. The van der Waals surface area contributed by atoms with E-state index in [2.05, 4.69) is 20.1 Å². The fourth-order valence-electron chi connectivity index (χ4n) is 4.30. The predicted octanol–water partition coefficient (Wildman–Crippen LogP) is 7.87. The standard InChI is InChI=1S/C31H40O5/c1-10-14-16-34-26-18-19(5)27(21(7)20(26)6)31(33)36-29-24(12-3)22(8)28(23(9)25(29)13-4)30(32)35-17-15-11-2/h12-13,18H,3-4,10-11,14-17H2,1-2,5-9H3. The molecule has 0 atom stereocenters. The molecule has 0 saturated carbocycles. The molecule has 0 spiro atoms. The van der Waals surface area contributed by atoms with Crippen LogP contribution in [-0.4, -0.2) is 25.2 Å². The molecule has 0 fully saturated rings. The van der Waals surface area contributed by atoms with Gasteiger partial charge in [0.1, 0.15) is 11.5 Å². The first-order valence-electron chi connectivity index (χ1n) is 12.7. The number of rotatable bonds is 12. The van der Waals surface area contributed by atoms with E-state index in [1.165, 1.54) is 0 Å². The maximum absolute atomic E-state index is 13.5. The SMILES string of the molecule is C=Cc1c(C)c(C(=O)OCCCC)c(C)c(C=C)c1OC(=O)c1c(C)cc(OCCCC)c(C)c1C. The second-order valence-corrected chi connectivity index (χ2v) is 9.09. The lowest BCUT2D eigenvalue weighted by atomic mass is 9.91. The summed E-state index contributed by atoms with van der Waals surface area (Å²) < 4.78 is 17.4. The average Bonchev–Trinajstić information content (AvgIpc) is 2.83. The summed E-state index contributed by atoms with van der Waals surface area (Å²) in [5.41, 5.74) is 5.90. The van der Waals surface area contributed by atoms with Gasteiger partial charge in [-0.1, -0.05) is 52.0 Å². The number of aryl methyl sites for hydroxylation is 1. The first kappa shape index (κ1) is 28.9. The van der Waals surface area contributed by atoms with Crippen molar-refractivity contribution >= 4 is 24.1 Å². The lowest BCUT2D eigenvalue weighted by Gasteiger charge is -2.21. The van der Waals surface area contributed by atoms with Crippen LogP contribution in [0, 0.1) is 34.6 Å². The molecule has 194 valence electrons. The Morgan fingerprint density at radius 3 is 1.86 bits per heavy atom. The highest BCUT2D eigenvalue weighted by Crippen LogP contribution is 2.37. The van der Waals surface area contributed by atoms with Crippen molar-refractivity contribution < 1.29 is 23.8 Å². The molecule has 0 radical (unpaired) electrons. The van der Waals surface area contributed by atoms with Crippen molar-refractivity contribution in [1.29, 1.82) is 0 Å². The number of benzene rings is 2. The number of hydrogen-bond acceptors (Lipinski definition) is 5. The van der Waals surface area contributed by atoms with Crippen molar-refractivity contribution in [2.75, 3.05) is 13.2 Å². The second-order valence-electron chi connectivity index (χ2n) is 9.09. The number of carbonyl (C=O) groups is 2. The van der Waals surface area contributed by atoms with Gasteiger partial charge in [-0.2, -0.15) is 0 Å². The van der Waals surface area contributed by atoms with Crippen LogP contribution in [0.1, 0.15) is 99.2 Å².